The largest absolute Gasteiger partial charge is 0.472 e. The standard InChI is InChI=1S/C79H141N2O7P/c1-7-10-13-16-19-22-25-28-30-32-34-36-38-39-40-41-43-44-46-48-50-53-56-59-62-65-68-71-78(82)80-76(75-87-89(84,85)86-74-73-81(4,5)6)77(70-67-64-61-58-55-52-27-24-21-18-15-12-9-3)88-79(83)72-69-66-63-60-57-54-51-49-47-45-42-37-35-33-31-29-26-23-20-17-14-11-8-2/h10,13,19-20,22-23,28-31,34,36,39-40,43-44,67,70,76-77H,7-9,11-12,14-18,21,24-27,32-33,35,37-38,41-42,45-66,68-69,71-75H2,1-6H3,(H-,80,82,84,85)/p+1/b13-10-,22-19-,23-20-,30-28-,31-29-,36-34-,40-39-,44-43-,70-67-. The second kappa shape index (κ2) is 67.6. The smallest absolute Gasteiger partial charge is 0.456 e. The van der Waals surface area contributed by atoms with Crippen molar-refractivity contribution in [2.75, 3.05) is 40.9 Å². The molecule has 0 spiro atoms. The minimum absolute atomic E-state index is 0.0344. The van der Waals surface area contributed by atoms with Crippen LogP contribution in [0.2, 0.25) is 0 Å². The molecule has 0 rings (SSSR count). The lowest BCUT2D eigenvalue weighted by Crippen LogP contribution is -2.47. The van der Waals surface area contributed by atoms with Gasteiger partial charge in [-0.3, -0.25) is 18.6 Å². The Hall–Kier alpha value is -3.33. The normalized spacial score (nSPS) is 14.1. The van der Waals surface area contributed by atoms with Gasteiger partial charge in [-0.1, -0.05) is 310 Å². The van der Waals surface area contributed by atoms with Gasteiger partial charge >= 0.3 is 13.8 Å². The van der Waals surface area contributed by atoms with Crippen molar-refractivity contribution in [3.8, 4) is 0 Å². The highest BCUT2D eigenvalue weighted by Crippen LogP contribution is 2.43. The van der Waals surface area contributed by atoms with E-state index >= 15 is 0 Å². The zero-order valence-electron chi connectivity index (χ0n) is 58.9. The Kier molecular flexibility index (Phi) is 65.0. The Morgan fingerprint density at radius 3 is 1.10 bits per heavy atom. The summed E-state index contributed by atoms with van der Waals surface area (Å²) >= 11 is 0. The van der Waals surface area contributed by atoms with Gasteiger partial charge in [0.05, 0.1) is 33.8 Å². The molecule has 3 unspecified atom stereocenters. The molecule has 0 saturated carbocycles. The molecule has 0 aliphatic carbocycles. The van der Waals surface area contributed by atoms with Gasteiger partial charge in [0, 0.05) is 12.8 Å². The van der Waals surface area contributed by atoms with Gasteiger partial charge in [0.15, 0.2) is 0 Å². The first-order valence-electron chi connectivity index (χ1n) is 37.2. The number of likely N-dealkylation sites (N-methyl/N-ethyl adjacent to an activating group) is 1. The summed E-state index contributed by atoms with van der Waals surface area (Å²) in [6.45, 7) is 6.90. The molecular weight excluding hydrogens is 1120 g/mol. The van der Waals surface area contributed by atoms with E-state index in [1.54, 1.807) is 0 Å². The Bertz CT molecular complexity index is 1890. The molecule has 89 heavy (non-hydrogen) atoms. The van der Waals surface area contributed by atoms with E-state index in [2.05, 4.69) is 123 Å². The molecule has 10 heteroatoms. The predicted molar refractivity (Wildman–Crippen MR) is 387 cm³/mol. The number of carbonyl (C=O) groups excluding carboxylic acids is 2. The second-order valence-electron chi connectivity index (χ2n) is 26.1. The number of hydrogen-bond acceptors (Lipinski definition) is 6. The summed E-state index contributed by atoms with van der Waals surface area (Å²) in [4.78, 5) is 38.0. The highest BCUT2D eigenvalue weighted by Gasteiger charge is 2.30. The molecule has 0 aromatic heterocycles. The van der Waals surface area contributed by atoms with Crippen LogP contribution in [0.3, 0.4) is 0 Å². The average molecular weight is 1260 g/mol. The van der Waals surface area contributed by atoms with Crippen LogP contribution in [-0.4, -0.2) is 74.3 Å². The Morgan fingerprint density at radius 1 is 0.404 bits per heavy atom. The molecule has 0 radical (unpaired) electrons. The van der Waals surface area contributed by atoms with Gasteiger partial charge in [0.25, 0.3) is 0 Å². The minimum Gasteiger partial charge on any atom is -0.456 e. The van der Waals surface area contributed by atoms with Crippen LogP contribution in [0.15, 0.2) is 109 Å². The number of allylic oxidation sites excluding steroid dienone is 17. The molecule has 0 heterocycles. The van der Waals surface area contributed by atoms with Crippen LogP contribution in [-0.2, 0) is 27.9 Å². The first kappa shape index (κ1) is 85.7. The fraction of sp³-hybridized carbons (Fsp3) is 0.747. The number of hydrogen-bond donors (Lipinski definition) is 2. The van der Waals surface area contributed by atoms with Gasteiger partial charge in [-0.25, -0.2) is 4.57 Å². The maximum Gasteiger partial charge on any atom is 0.472 e. The van der Waals surface area contributed by atoms with Crippen molar-refractivity contribution in [3.63, 3.8) is 0 Å². The number of unbranched alkanes of at least 4 members (excludes halogenated alkanes) is 35. The average Bonchev–Trinajstić information content (AvgIpc) is 3.65. The Balaban J connectivity index is 5.08. The van der Waals surface area contributed by atoms with Crippen molar-refractivity contribution in [2.45, 2.75) is 341 Å². The molecule has 0 aromatic carbocycles. The molecular formula is C79H142N2O7P+. The van der Waals surface area contributed by atoms with Crippen molar-refractivity contribution in [1.29, 1.82) is 0 Å². The Morgan fingerprint density at radius 2 is 0.719 bits per heavy atom. The summed E-state index contributed by atoms with van der Waals surface area (Å²) in [7, 11) is 1.49. The number of rotatable bonds is 67. The molecule has 9 nitrogen and oxygen atoms in total. The van der Waals surface area contributed by atoms with Crippen molar-refractivity contribution in [1.82, 2.24) is 5.32 Å². The lowest BCUT2D eigenvalue weighted by atomic mass is 10.0. The van der Waals surface area contributed by atoms with Crippen LogP contribution in [0.5, 0.6) is 0 Å². The highest BCUT2D eigenvalue weighted by molar-refractivity contribution is 7.47. The van der Waals surface area contributed by atoms with E-state index in [1.165, 1.54) is 180 Å². The second-order valence-corrected chi connectivity index (χ2v) is 27.5. The molecule has 0 aliphatic heterocycles. The van der Waals surface area contributed by atoms with Gasteiger partial charge in [0.1, 0.15) is 19.3 Å². The van der Waals surface area contributed by atoms with Crippen molar-refractivity contribution in [3.05, 3.63) is 109 Å². The fourth-order valence-corrected chi connectivity index (χ4v) is 11.2. The summed E-state index contributed by atoms with van der Waals surface area (Å²) in [5.74, 6) is -0.511. The van der Waals surface area contributed by atoms with Crippen LogP contribution in [0.25, 0.3) is 0 Å². The SMILES string of the molecule is CC/C=C\C/C=C\C/C=C\C/C=C\C/C=C\C/C=C\CCCCCCCCCCC(=O)NC(COP(=O)(O)OCC[N+](C)(C)C)C(/C=C\CCCCCCCCCCCCC)OC(=O)CCCCCCCCCCCCCCC/C=C\C/C=C\CCCCC. The highest BCUT2D eigenvalue weighted by atomic mass is 31.2. The first-order valence-corrected chi connectivity index (χ1v) is 38.7. The Labute approximate surface area is 551 Å². The van der Waals surface area contributed by atoms with Crippen molar-refractivity contribution >= 4 is 19.7 Å². The zero-order valence-corrected chi connectivity index (χ0v) is 59.8. The number of ether oxygens (including phenoxy) is 1. The third kappa shape index (κ3) is 68.9. The van der Waals surface area contributed by atoms with Crippen LogP contribution in [0, 0.1) is 0 Å². The number of phosphoric acid groups is 1. The molecule has 1 amide bonds. The number of amides is 1. The number of esters is 1. The number of quaternary nitrogens is 1. The lowest BCUT2D eigenvalue weighted by Gasteiger charge is -2.27. The van der Waals surface area contributed by atoms with E-state index < -0.39 is 20.0 Å². The topological polar surface area (TPSA) is 111 Å². The van der Waals surface area contributed by atoms with E-state index in [9.17, 15) is 19.0 Å². The third-order valence-corrected chi connectivity index (χ3v) is 17.2. The molecule has 0 bridgehead atoms. The summed E-state index contributed by atoms with van der Waals surface area (Å²) in [6.07, 6.45) is 93.8. The van der Waals surface area contributed by atoms with E-state index in [4.69, 9.17) is 13.8 Å². The van der Waals surface area contributed by atoms with Crippen molar-refractivity contribution in [2.24, 2.45) is 0 Å². The van der Waals surface area contributed by atoms with Crippen molar-refractivity contribution < 1.29 is 37.3 Å². The van der Waals surface area contributed by atoms with E-state index in [-0.39, 0.29) is 31.5 Å². The molecule has 0 aromatic rings. The quantitative estimate of drug-likeness (QED) is 0.0205. The fourth-order valence-electron chi connectivity index (χ4n) is 10.5. The van der Waals surface area contributed by atoms with Gasteiger partial charge in [-0.2, -0.15) is 0 Å². The lowest BCUT2D eigenvalue weighted by molar-refractivity contribution is -0.870. The molecule has 0 saturated heterocycles. The van der Waals surface area contributed by atoms with Gasteiger partial charge < -0.3 is 19.4 Å². The molecule has 3 atom stereocenters. The van der Waals surface area contributed by atoms with Crippen LogP contribution < -0.4 is 5.32 Å². The van der Waals surface area contributed by atoms with Gasteiger partial charge in [-0.15, -0.1) is 0 Å². The first-order chi connectivity index (χ1) is 43.4. The summed E-state index contributed by atoms with van der Waals surface area (Å²) in [5.41, 5.74) is 0. The van der Waals surface area contributed by atoms with Gasteiger partial charge in [-0.05, 0) is 115 Å². The van der Waals surface area contributed by atoms with Crippen LogP contribution in [0.1, 0.15) is 329 Å². The maximum absolute atomic E-state index is 13.7. The summed E-state index contributed by atoms with van der Waals surface area (Å²) in [5, 5.41) is 3.07. The number of nitrogens with one attached hydrogen (secondary N) is 1. The van der Waals surface area contributed by atoms with E-state index in [1.807, 2.05) is 33.3 Å². The predicted octanol–water partition coefficient (Wildman–Crippen LogP) is 24.0. The monoisotopic (exact) mass is 1260 g/mol. The van der Waals surface area contributed by atoms with E-state index in [0.717, 1.165) is 116 Å². The molecule has 2 N–H and O–H groups in total. The summed E-state index contributed by atoms with van der Waals surface area (Å²) < 4.78 is 30.9. The van der Waals surface area contributed by atoms with Crippen LogP contribution >= 0.6 is 7.82 Å². The zero-order chi connectivity index (χ0) is 64.9. The van der Waals surface area contributed by atoms with Gasteiger partial charge in [0.2, 0.25) is 5.91 Å². The molecule has 0 fully saturated rings. The minimum atomic E-state index is -4.47. The number of nitrogens with zero attached hydrogens (tertiary/aromatic N) is 1. The third-order valence-electron chi connectivity index (χ3n) is 16.2. The molecule has 0 aliphatic rings. The van der Waals surface area contributed by atoms with E-state index in [0.29, 0.717) is 17.4 Å². The number of phosphoric ester groups is 1. The summed E-state index contributed by atoms with van der Waals surface area (Å²) in [6, 6.07) is -0.861. The van der Waals surface area contributed by atoms with Crippen LogP contribution in [0.4, 0.5) is 0 Å². The molecule has 514 valence electrons. The number of carbonyl (C=O) groups is 2. The maximum atomic E-state index is 13.7.